The van der Waals surface area contributed by atoms with Gasteiger partial charge in [-0.2, -0.15) is 0 Å². The number of anilines is 1. The van der Waals surface area contributed by atoms with E-state index in [2.05, 4.69) is 10.3 Å². The summed E-state index contributed by atoms with van der Waals surface area (Å²) in [5, 5.41) is 4.07. The third-order valence-electron chi connectivity index (χ3n) is 2.84. The van der Waals surface area contributed by atoms with Crippen LogP contribution in [0.2, 0.25) is 5.15 Å². The molecule has 1 aliphatic heterocycles. The van der Waals surface area contributed by atoms with Crippen molar-refractivity contribution in [3.63, 3.8) is 0 Å². The molecule has 1 aromatic rings. The average Bonchev–Trinajstić information content (AvgIpc) is 2.52. The van der Waals surface area contributed by atoms with E-state index in [0.29, 0.717) is 11.2 Å². The Morgan fingerprint density at radius 1 is 1.44 bits per heavy atom. The van der Waals surface area contributed by atoms with E-state index in [4.69, 9.17) is 16.3 Å². The number of pyridine rings is 1. The van der Waals surface area contributed by atoms with E-state index in [-0.39, 0.29) is 0 Å². The van der Waals surface area contributed by atoms with E-state index in [1.165, 1.54) is 0 Å². The number of rotatable bonds is 2. The second-order valence-corrected chi connectivity index (χ2v) is 4.57. The van der Waals surface area contributed by atoms with Gasteiger partial charge in [0, 0.05) is 19.3 Å². The van der Waals surface area contributed by atoms with Gasteiger partial charge in [0.1, 0.15) is 5.15 Å². The third-order valence-corrected chi connectivity index (χ3v) is 3.23. The van der Waals surface area contributed by atoms with Gasteiger partial charge in [-0.3, -0.25) is 0 Å². The maximum absolute atomic E-state index is 5.89. The molecule has 0 saturated carbocycles. The summed E-state index contributed by atoms with van der Waals surface area (Å²) in [5.74, 6) is 0. The van der Waals surface area contributed by atoms with Crippen molar-refractivity contribution in [2.75, 3.05) is 18.5 Å². The van der Waals surface area contributed by atoms with E-state index in [0.717, 1.165) is 43.7 Å². The van der Waals surface area contributed by atoms with Crippen LogP contribution in [0.15, 0.2) is 12.3 Å². The van der Waals surface area contributed by atoms with Crippen LogP contribution >= 0.6 is 11.6 Å². The van der Waals surface area contributed by atoms with Crippen LogP contribution in [0, 0.1) is 6.92 Å². The molecule has 1 aromatic heterocycles. The van der Waals surface area contributed by atoms with Crippen LogP contribution in [-0.4, -0.2) is 24.2 Å². The highest BCUT2D eigenvalue weighted by Crippen LogP contribution is 2.19. The lowest BCUT2D eigenvalue weighted by Gasteiger charge is -2.17. The van der Waals surface area contributed by atoms with Crippen molar-refractivity contribution in [2.45, 2.75) is 32.2 Å². The highest BCUT2D eigenvalue weighted by atomic mass is 35.5. The predicted molar refractivity (Wildman–Crippen MR) is 66.1 cm³/mol. The highest BCUT2D eigenvalue weighted by molar-refractivity contribution is 6.30. The molecule has 0 radical (unpaired) electrons. The molecule has 1 aliphatic rings. The molecule has 1 atom stereocenters. The Hall–Kier alpha value is -0.800. The first-order valence-corrected chi connectivity index (χ1v) is 6.10. The summed E-state index contributed by atoms with van der Waals surface area (Å²) >= 11 is 5.89. The Kier molecular flexibility index (Phi) is 4.02. The first-order valence-electron chi connectivity index (χ1n) is 5.72. The van der Waals surface area contributed by atoms with Crippen LogP contribution in [0.25, 0.3) is 0 Å². The highest BCUT2D eigenvalue weighted by Gasteiger charge is 2.12. The SMILES string of the molecule is Cc1cc(NC2CCCOCC2)cnc1Cl. The monoisotopic (exact) mass is 240 g/mol. The first-order chi connectivity index (χ1) is 7.75. The fraction of sp³-hybridized carbons (Fsp3) is 0.583. The molecule has 0 bridgehead atoms. The number of ether oxygens (including phenoxy) is 1. The largest absolute Gasteiger partial charge is 0.381 e. The second-order valence-electron chi connectivity index (χ2n) is 4.22. The Balaban J connectivity index is 1.99. The van der Waals surface area contributed by atoms with E-state index < -0.39 is 0 Å². The topological polar surface area (TPSA) is 34.1 Å². The van der Waals surface area contributed by atoms with Crippen LogP contribution in [0.5, 0.6) is 0 Å². The summed E-state index contributed by atoms with van der Waals surface area (Å²) in [6.45, 7) is 3.70. The summed E-state index contributed by atoms with van der Waals surface area (Å²) in [6.07, 6.45) is 5.13. The van der Waals surface area contributed by atoms with Crippen LogP contribution in [-0.2, 0) is 4.74 Å². The Morgan fingerprint density at radius 3 is 3.12 bits per heavy atom. The Labute approximate surface area is 101 Å². The van der Waals surface area contributed by atoms with Crippen molar-refractivity contribution in [2.24, 2.45) is 0 Å². The number of hydrogen-bond donors (Lipinski definition) is 1. The lowest BCUT2D eigenvalue weighted by atomic mass is 10.1. The zero-order valence-electron chi connectivity index (χ0n) is 9.50. The molecule has 2 rings (SSSR count). The normalized spacial score (nSPS) is 21.5. The van der Waals surface area contributed by atoms with Gasteiger partial charge in [0.2, 0.25) is 0 Å². The van der Waals surface area contributed by atoms with E-state index in [9.17, 15) is 0 Å². The third kappa shape index (κ3) is 3.09. The summed E-state index contributed by atoms with van der Waals surface area (Å²) in [7, 11) is 0. The van der Waals surface area contributed by atoms with Crippen molar-refractivity contribution in [3.8, 4) is 0 Å². The van der Waals surface area contributed by atoms with Gasteiger partial charge < -0.3 is 10.1 Å². The zero-order chi connectivity index (χ0) is 11.4. The van der Waals surface area contributed by atoms with Gasteiger partial charge in [-0.1, -0.05) is 11.6 Å². The van der Waals surface area contributed by atoms with Gasteiger partial charge in [0.25, 0.3) is 0 Å². The predicted octanol–water partition coefficient (Wildman–Crippen LogP) is 3.02. The molecule has 0 aliphatic carbocycles. The van der Waals surface area contributed by atoms with E-state index >= 15 is 0 Å². The molecule has 3 nitrogen and oxygen atoms in total. The van der Waals surface area contributed by atoms with Crippen LogP contribution < -0.4 is 5.32 Å². The molecular weight excluding hydrogens is 224 g/mol. The van der Waals surface area contributed by atoms with Crippen molar-refractivity contribution in [1.82, 2.24) is 4.98 Å². The number of hydrogen-bond acceptors (Lipinski definition) is 3. The van der Waals surface area contributed by atoms with E-state index in [1.54, 1.807) is 6.20 Å². The number of halogens is 1. The van der Waals surface area contributed by atoms with Crippen molar-refractivity contribution in [1.29, 1.82) is 0 Å². The quantitative estimate of drug-likeness (QED) is 0.807. The molecular formula is C12H17ClN2O. The molecule has 4 heteroatoms. The van der Waals surface area contributed by atoms with Gasteiger partial charge in [-0.05, 0) is 37.8 Å². The maximum atomic E-state index is 5.89. The maximum Gasteiger partial charge on any atom is 0.132 e. The van der Waals surface area contributed by atoms with Gasteiger partial charge in [0.05, 0.1) is 11.9 Å². The van der Waals surface area contributed by atoms with Crippen LogP contribution in [0.3, 0.4) is 0 Å². The van der Waals surface area contributed by atoms with Gasteiger partial charge in [0.15, 0.2) is 0 Å². The molecule has 2 heterocycles. The van der Waals surface area contributed by atoms with Crippen LogP contribution in [0.4, 0.5) is 5.69 Å². The van der Waals surface area contributed by atoms with E-state index in [1.807, 2.05) is 13.0 Å². The number of aromatic nitrogens is 1. The zero-order valence-corrected chi connectivity index (χ0v) is 10.3. The Bertz CT molecular complexity index is 349. The summed E-state index contributed by atoms with van der Waals surface area (Å²) in [5.41, 5.74) is 2.06. The van der Waals surface area contributed by atoms with Gasteiger partial charge in [-0.25, -0.2) is 4.98 Å². The fourth-order valence-corrected chi connectivity index (χ4v) is 2.02. The molecule has 0 amide bonds. The van der Waals surface area contributed by atoms with Crippen LogP contribution in [0.1, 0.15) is 24.8 Å². The number of aryl methyl sites for hydroxylation is 1. The molecule has 1 saturated heterocycles. The molecule has 0 spiro atoms. The standard InChI is InChI=1S/C12H17ClN2O/c1-9-7-11(8-14-12(9)13)15-10-3-2-5-16-6-4-10/h7-8,10,15H,2-6H2,1H3. The number of nitrogens with zero attached hydrogens (tertiary/aromatic N) is 1. The lowest BCUT2D eigenvalue weighted by Crippen LogP contribution is -2.19. The minimum absolute atomic E-state index is 0.491. The molecule has 16 heavy (non-hydrogen) atoms. The van der Waals surface area contributed by atoms with Gasteiger partial charge >= 0.3 is 0 Å². The minimum Gasteiger partial charge on any atom is -0.381 e. The average molecular weight is 241 g/mol. The molecule has 1 N–H and O–H groups in total. The summed E-state index contributed by atoms with van der Waals surface area (Å²) in [6, 6.07) is 2.53. The molecule has 88 valence electrons. The summed E-state index contributed by atoms with van der Waals surface area (Å²) < 4.78 is 5.43. The fourth-order valence-electron chi connectivity index (χ4n) is 1.92. The Morgan fingerprint density at radius 2 is 2.31 bits per heavy atom. The van der Waals surface area contributed by atoms with Crippen molar-refractivity contribution in [3.05, 3.63) is 23.0 Å². The number of nitrogens with one attached hydrogen (secondary N) is 1. The lowest BCUT2D eigenvalue weighted by molar-refractivity contribution is 0.144. The smallest absolute Gasteiger partial charge is 0.132 e. The molecule has 1 unspecified atom stereocenters. The molecule has 1 fully saturated rings. The van der Waals surface area contributed by atoms with Gasteiger partial charge in [-0.15, -0.1) is 0 Å². The van der Waals surface area contributed by atoms with Crippen molar-refractivity contribution < 1.29 is 4.74 Å². The minimum atomic E-state index is 0.491. The first kappa shape index (κ1) is 11.7. The van der Waals surface area contributed by atoms with Crippen molar-refractivity contribution >= 4 is 17.3 Å². The second kappa shape index (κ2) is 5.51. The molecule has 0 aromatic carbocycles. The summed E-state index contributed by atoms with van der Waals surface area (Å²) in [4.78, 5) is 4.14.